The Hall–Kier alpha value is -1.93. The Morgan fingerprint density at radius 1 is 1.33 bits per heavy atom. The number of benzene rings is 1. The number of aromatic hydroxyl groups is 2. The molecule has 1 aromatic heterocycles. The van der Waals surface area contributed by atoms with E-state index >= 15 is 0 Å². The van der Waals surface area contributed by atoms with Gasteiger partial charge in [-0.05, 0) is 50.1 Å². The standard InChI is InChI=1S/C13H9Br2N3O3/c14-9-4-8(11(19)10(15)12(9)20)6-17-18-13(21)7-2-1-3-16-5-7/h1-6,19-20H,(H,18,21). The van der Waals surface area contributed by atoms with Gasteiger partial charge in [0.1, 0.15) is 16.0 Å². The molecule has 0 fully saturated rings. The Morgan fingerprint density at radius 3 is 2.76 bits per heavy atom. The summed E-state index contributed by atoms with van der Waals surface area (Å²) >= 11 is 6.19. The lowest BCUT2D eigenvalue weighted by Crippen LogP contribution is -2.17. The van der Waals surface area contributed by atoms with Crippen LogP contribution in [0.15, 0.2) is 44.6 Å². The third-order valence-electron chi connectivity index (χ3n) is 2.49. The van der Waals surface area contributed by atoms with E-state index in [4.69, 9.17) is 0 Å². The van der Waals surface area contributed by atoms with Crippen LogP contribution >= 0.6 is 31.9 Å². The summed E-state index contributed by atoms with van der Waals surface area (Å²) in [5.74, 6) is -0.727. The summed E-state index contributed by atoms with van der Waals surface area (Å²) in [7, 11) is 0. The minimum Gasteiger partial charge on any atom is -0.506 e. The zero-order valence-corrected chi connectivity index (χ0v) is 13.6. The van der Waals surface area contributed by atoms with Crippen molar-refractivity contribution >= 4 is 44.0 Å². The van der Waals surface area contributed by atoms with Crippen LogP contribution in [0.5, 0.6) is 11.5 Å². The summed E-state index contributed by atoms with van der Waals surface area (Å²) in [6.45, 7) is 0. The SMILES string of the molecule is O=C(NN=Cc1cc(Br)c(O)c(Br)c1O)c1cccnc1. The highest BCUT2D eigenvalue weighted by Crippen LogP contribution is 2.40. The Kier molecular flexibility index (Phi) is 4.92. The quantitative estimate of drug-likeness (QED) is 0.531. The van der Waals surface area contributed by atoms with Crippen molar-refractivity contribution in [3.63, 3.8) is 0 Å². The lowest BCUT2D eigenvalue weighted by atomic mass is 10.2. The summed E-state index contributed by atoms with van der Waals surface area (Å²) in [6, 6.07) is 4.71. The van der Waals surface area contributed by atoms with Crippen LogP contribution in [0.1, 0.15) is 15.9 Å². The van der Waals surface area contributed by atoms with Crippen LogP contribution in [-0.2, 0) is 0 Å². The topological polar surface area (TPSA) is 94.8 Å². The number of amides is 1. The van der Waals surface area contributed by atoms with Crippen LogP contribution < -0.4 is 5.43 Å². The van der Waals surface area contributed by atoms with Crippen LogP contribution in [0.25, 0.3) is 0 Å². The summed E-state index contributed by atoms with van der Waals surface area (Å²) in [6.07, 6.45) is 4.23. The summed E-state index contributed by atoms with van der Waals surface area (Å²) in [5, 5.41) is 23.2. The van der Waals surface area contributed by atoms with Crippen molar-refractivity contribution in [2.75, 3.05) is 0 Å². The molecule has 0 bridgehead atoms. The number of halogens is 2. The third-order valence-corrected chi connectivity index (χ3v) is 3.85. The van der Waals surface area contributed by atoms with E-state index in [1.165, 1.54) is 18.5 Å². The van der Waals surface area contributed by atoms with Gasteiger partial charge in [0.25, 0.3) is 5.91 Å². The molecule has 108 valence electrons. The predicted molar refractivity (Wildman–Crippen MR) is 84.5 cm³/mol. The molecule has 0 saturated carbocycles. The highest BCUT2D eigenvalue weighted by atomic mass is 79.9. The number of carbonyl (C=O) groups is 1. The number of rotatable bonds is 3. The molecule has 21 heavy (non-hydrogen) atoms. The Morgan fingerprint density at radius 2 is 2.10 bits per heavy atom. The normalized spacial score (nSPS) is 10.8. The number of hydrazone groups is 1. The maximum atomic E-state index is 11.7. The van der Waals surface area contributed by atoms with Crippen molar-refractivity contribution < 1.29 is 15.0 Å². The Bertz CT molecular complexity index is 706. The van der Waals surface area contributed by atoms with Crippen LogP contribution in [0.4, 0.5) is 0 Å². The van der Waals surface area contributed by atoms with Gasteiger partial charge in [0.2, 0.25) is 0 Å². The average molecular weight is 415 g/mol. The fourth-order valence-corrected chi connectivity index (χ4v) is 2.59. The second kappa shape index (κ2) is 6.68. The van der Waals surface area contributed by atoms with Crippen LogP contribution in [-0.4, -0.2) is 27.3 Å². The molecule has 0 radical (unpaired) electrons. The number of nitrogens with one attached hydrogen (secondary N) is 1. The number of hydrogen-bond donors (Lipinski definition) is 3. The molecule has 0 saturated heterocycles. The van der Waals surface area contributed by atoms with Gasteiger partial charge >= 0.3 is 0 Å². The second-order valence-corrected chi connectivity index (χ2v) is 5.55. The molecule has 0 unspecified atom stereocenters. The summed E-state index contributed by atoms with van der Waals surface area (Å²) < 4.78 is 0.518. The molecular weight excluding hydrogens is 406 g/mol. The molecule has 1 amide bonds. The van der Waals surface area contributed by atoms with E-state index < -0.39 is 5.91 Å². The van der Waals surface area contributed by atoms with E-state index in [1.54, 1.807) is 18.3 Å². The van der Waals surface area contributed by atoms with Crippen molar-refractivity contribution in [1.82, 2.24) is 10.4 Å². The van der Waals surface area contributed by atoms with Crippen molar-refractivity contribution in [1.29, 1.82) is 0 Å². The fourth-order valence-electron chi connectivity index (χ4n) is 1.44. The van der Waals surface area contributed by atoms with E-state index in [0.717, 1.165) is 0 Å². The van der Waals surface area contributed by atoms with Gasteiger partial charge in [0, 0.05) is 18.0 Å². The van der Waals surface area contributed by atoms with Gasteiger partial charge in [-0.2, -0.15) is 5.10 Å². The molecule has 2 aromatic rings. The second-order valence-electron chi connectivity index (χ2n) is 3.90. The molecule has 2 rings (SSSR count). The van der Waals surface area contributed by atoms with Gasteiger partial charge in [-0.25, -0.2) is 5.43 Å². The molecule has 0 aliphatic carbocycles. The molecule has 0 aliphatic heterocycles. The van der Waals surface area contributed by atoms with E-state index in [9.17, 15) is 15.0 Å². The zero-order valence-electron chi connectivity index (χ0n) is 10.4. The van der Waals surface area contributed by atoms with E-state index in [1.807, 2.05) is 0 Å². The van der Waals surface area contributed by atoms with Gasteiger partial charge in [-0.1, -0.05) is 0 Å². The average Bonchev–Trinajstić information content (AvgIpc) is 2.51. The molecule has 0 atom stereocenters. The highest BCUT2D eigenvalue weighted by Gasteiger charge is 2.12. The van der Waals surface area contributed by atoms with Crippen LogP contribution in [0.3, 0.4) is 0 Å². The first-order valence-electron chi connectivity index (χ1n) is 5.64. The van der Waals surface area contributed by atoms with E-state index in [0.29, 0.717) is 15.6 Å². The van der Waals surface area contributed by atoms with Crippen LogP contribution in [0, 0.1) is 0 Å². The van der Waals surface area contributed by atoms with E-state index in [-0.39, 0.29) is 16.0 Å². The van der Waals surface area contributed by atoms with E-state index in [2.05, 4.69) is 47.4 Å². The number of nitrogens with zero attached hydrogens (tertiary/aromatic N) is 2. The molecule has 6 nitrogen and oxygen atoms in total. The molecule has 0 aliphatic rings. The number of pyridine rings is 1. The third kappa shape index (κ3) is 3.59. The van der Waals surface area contributed by atoms with Gasteiger partial charge < -0.3 is 10.2 Å². The smallest absolute Gasteiger partial charge is 0.272 e. The minimum absolute atomic E-state index is 0.121. The highest BCUT2D eigenvalue weighted by molar-refractivity contribution is 9.11. The predicted octanol–water partition coefficient (Wildman–Crippen LogP) is 2.78. The first-order chi connectivity index (χ1) is 10.0. The van der Waals surface area contributed by atoms with Crippen molar-refractivity contribution in [3.05, 3.63) is 50.7 Å². The molecule has 1 aromatic carbocycles. The van der Waals surface area contributed by atoms with Crippen molar-refractivity contribution in [2.45, 2.75) is 0 Å². The number of carbonyl (C=O) groups excluding carboxylic acids is 1. The maximum Gasteiger partial charge on any atom is 0.272 e. The van der Waals surface area contributed by atoms with Gasteiger partial charge in [-0.3, -0.25) is 9.78 Å². The molecule has 8 heteroatoms. The molecule has 1 heterocycles. The monoisotopic (exact) mass is 413 g/mol. The zero-order chi connectivity index (χ0) is 15.4. The lowest BCUT2D eigenvalue weighted by molar-refractivity contribution is 0.0954. The van der Waals surface area contributed by atoms with Gasteiger partial charge in [0.15, 0.2) is 0 Å². The largest absolute Gasteiger partial charge is 0.506 e. The van der Waals surface area contributed by atoms with Gasteiger partial charge in [0.05, 0.1) is 16.3 Å². The minimum atomic E-state index is -0.421. The summed E-state index contributed by atoms with van der Waals surface area (Å²) in [5.41, 5.74) is 3.00. The first kappa shape index (κ1) is 15.5. The Labute approximate surface area is 136 Å². The molecule has 0 spiro atoms. The number of hydrogen-bond acceptors (Lipinski definition) is 5. The molecule has 3 N–H and O–H groups in total. The number of aromatic nitrogens is 1. The molecular formula is C13H9Br2N3O3. The number of phenolic OH excluding ortho intramolecular Hbond substituents is 2. The summed E-state index contributed by atoms with van der Waals surface area (Å²) in [4.78, 5) is 15.5. The first-order valence-corrected chi connectivity index (χ1v) is 7.22. The van der Waals surface area contributed by atoms with Crippen molar-refractivity contribution in [3.8, 4) is 11.5 Å². The number of phenols is 2. The maximum absolute atomic E-state index is 11.7. The van der Waals surface area contributed by atoms with Gasteiger partial charge in [-0.15, -0.1) is 0 Å². The Balaban J connectivity index is 2.14. The van der Waals surface area contributed by atoms with Crippen LogP contribution in [0.2, 0.25) is 0 Å². The fraction of sp³-hybridized carbons (Fsp3) is 0. The lowest BCUT2D eigenvalue weighted by Gasteiger charge is -2.06. The van der Waals surface area contributed by atoms with Crippen molar-refractivity contribution in [2.24, 2.45) is 5.10 Å².